The molecule has 1 fully saturated rings. The van der Waals surface area contributed by atoms with Gasteiger partial charge in [0.25, 0.3) is 0 Å². The lowest BCUT2D eigenvalue weighted by molar-refractivity contribution is 0.125. The summed E-state index contributed by atoms with van der Waals surface area (Å²) >= 11 is 3.35. The summed E-state index contributed by atoms with van der Waals surface area (Å²) in [6.45, 7) is 4.34. The van der Waals surface area contributed by atoms with E-state index in [0.717, 1.165) is 16.5 Å². The van der Waals surface area contributed by atoms with Crippen LogP contribution in [0.2, 0.25) is 0 Å². The number of halogens is 1. The predicted molar refractivity (Wildman–Crippen MR) is 129 cm³/mol. The Hall–Kier alpha value is -1.90. The molecular formula is C24H31BrN2O4S. The van der Waals surface area contributed by atoms with Crippen molar-refractivity contribution in [3.05, 3.63) is 64.6 Å². The number of carbonyl (C=O) groups is 1. The molecule has 0 unspecified atom stereocenters. The third-order valence-electron chi connectivity index (χ3n) is 5.67. The van der Waals surface area contributed by atoms with E-state index in [1.165, 1.54) is 0 Å². The van der Waals surface area contributed by atoms with Gasteiger partial charge in [0.2, 0.25) is 0 Å². The number of amides is 1. The molecule has 1 saturated carbocycles. The van der Waals surface area contributed by atoms with Gasteiger partial charge in [-0.05, 0) is 55.0 Å². The molecule has 32 heavy (non-hydrogen) atoms. The molecule has 0 aromatic heterocycles. The lowest BCUT2D eigenvalue weighted by Gasteiger charge is -2.37. The Balaban J connectivity index is 1.68. The first-order valence-electron chi connectivity index (χ1n) is 10.9. The van der Waals surface area contributed by atoms with Crippen molar-refractivity contribution in [2.24, 2.45) is 5.92 Å². The molecule has 2 N–H and O–H groups in total. The van der Waals surface area contributed by atoms with Gasteiger partial charge in [0.1, 0.15) is 6.61 Å². The largest absolute Gasteiger partial charge is 0.445 e. The number of ether oxygens (including phenoxy) is 1. The fourth-order valence-corrected chi connectivity index (χ4v) is 6.14. The van der Waals surface area contributed by atoms with Crippen LogP contribution in [0.1, 0.15) is 38.7 Å². The first-order chi connectivity index (χ1) is 15.2. The van der Waals surface area contributed by atoms with Gasteiger partial charge < -0.3 is 15.4 Å². The molecule has 1 aliphatic carbocycles. The van der Waals surface area contributed by atoms with Crippen LogP contribution >= 0.6 is 15.9 Å². The highest BCUT2D eigenvalue weighted by Gasteiger charge is 2.35. The fraction of sp³-hybridized carbons (Fsp3) is 0.458. The maximum atomic E-state index is 13.1. The van der Waals surface area contributed by atoms with E-state index in [2.05, 4.69) is 40.4 Å². The zero-order chi connectivity index (χ0) is 23.1. The van der Waals surface area contributed by atoms with Crippen molar-refractivity contribution >= 4 is 31.9 Å². The molecule has 8 heteroatoms. The minimum atomic E-state index is -3.49. The molecule has 2 aromatic carbocycles. The monoisotopic (exact) mass is 522 g/mol. The van der Waals surface area contributed by atoms with Crippen LogP contribution in [0.15, 0.2) is 64.0 Å². The van der Waals surface area contributed by atoms with Crippen LogP contribution in [0.25, 0.3) is 0 Å². The maximum Gasteiger partial charge on any atom is 0.407 e. The summed E-state index contributed by atoms with van der Waals surface area (Å²) in [5.74, 6) is -0.230. The average Bonchev–Trinajstić information content (AvgIpc) is 2.74. The number of rotatable bonds is 8. The number of benzene rings is 2. The molecular weight excluding hydrogens is 492 g/mol. The van der Waals surface area contributed by atoms with Gasteiger partial charge in [-0.3, -0.25) is 0 Å². The summed E-state index contributed by atoms with van der Waals surface area (Å²) in [6.07, 6.45) is 1.74. The number of sulfone groups is 1. The van der Waals surface area contributed by atoms with E-state index in [1.54, 1.807) is 24.3 Å². The van der Waals surface area contributed by atoms with Crippen molar-refractivity contribution in [2.45, 2.75) is 62.7 Å². The van der Waals surface area contributed by atoms with E-state index >= 15 is 0 Å². The highest BCUT2D eigenvalue weighted by Crippen LogP contribution is 2.29. The lowest BCUT2D eigenvalue weighted by Crippen LogP contribution is -2.50. The van der Waals surface area contributed by atoms with Gasteiger partial charge in [-0.1, -0.05) is 60.1 Å². The lowest BCUT2D eigenvalue weighted by atomic mass is 9.82. The molecule has 6 nitrogen and oxygen atoms in total. The van der Waals surface area contributed by atoms with Crippen molar-refractivity contribution in [3.8, 4) is 0 Å². The summed E-state index contributed by atoms with van der Waals surface area (Å²) in [7, 11) is -3.49. The van der Waals surface area contributed by atoms with E-state index in [-0.39, 0.29) is 30.4 Å². The Bertz CT molecular complexity index is 981. The smallest absolute Gasteiger partial charge is 0.407 e. The van der Waals surface area contributed by atoms with Crippen LogP contribution in [-0.4, -0.2) is 38.4 Å². The molecule has 0 heterocycles. The van der Waals surface area contributed by atoms with Crippen molar-refractivity contribution in [1.29, 1.82) is 0 Å². The molecule has 1 amide bonds. The van der Waals surface area contributed by atoms with Crippen molar-refractivity contribution in [3.63, 3.8) is 0 Å². The second kappa shape index (κ2) is 11.3. The molecule has 0 saturated heterocycles. The zero-order valence-corrected chi connectivity index (χ0v) is 20.9. The SMILES string of the molecule is CC(C)N[C@@H]1CC[C@H](NC(=O)OCc2ccccc2)[C@H](CS(=O)(=O)c2ccc(Br)cc2)C1. The number of hydrogen-bond acceptors (Lipinski definition) is 5. The second-order valence-electron chi connectivity index (χ2n) is 8.64. The highest BCUT2D eigenvalue weighted by atomic mass is 79.9. The van der Waals surface area contributed by atoms with Crippen molar-refractivity contribution < 1.29 is 17.9 Å². The first kappa shape index (κ1) is 24.7. The molecule has 0 bridgehead atoms. The van der Waals surface area contributed by atoms with Crippen LogP contribution in [0, 0.1) is 5.92 Å². The van der Waals surface area contributed by atoms with Gasteiger partial charge in [-0.15, -0.1) is 0 Å². The van der Waals surface area contributed by atoms with Gasteiger partial charge in [-0.2, -0.15) is 0 Å². The van der Waals surface area contributed by atoms with Gasteiger partial charge in [-0.25, -0.2) is 13.2 Å². The van der Waals surface area contributed by atoms with Gasteiger partial charge in [0.15, 0.2) is 9.84 Å². The molecule has 2 aromatic rings. The van der Waals surface area contributed by atoms with Crippen LogP contribution in [0.3, 0.4) is 0 Å². The Kier molecular flexibility index (Phi) is 8.73. The Morgan fingerprint density at radius 2 is 1.78 bits per heavy atom. The number of nitrogens with one attached hydrogen (secondary N) is 2. The third-order valence-corrected chi connectivity index (χ3v) is 8.06. The summed E-state index contributed by atoms with van der Waals surface area (Å²) < 4.78 is 32.4. The third kappa shape index (κ3) is 7.32. The van der Waals surface area contributed by atoms with E-state index in [4.69, 9.17) is 4.74 Å². The minimum Gasteiger partial charge on any atom is -0.445 e. The molecule has 1 aliphatic rings. The van der Waals surface area contributed by atoms with E-state index in [1.807, 2.05) is 30.3 Å². The van der Waals surface area contributed by atoms with Crippen molar-refractivity contribution in [2.75, 3.05) is 5.75 Å². The Morgan fingerprint density at radius 3 is 2.44 bits per heavy atom. The Morgan fingerprint density at radius 1 is 1.09 bits per heavy atom. The minimum absolute atomic E-state index is 0.0193. The van der Waals surface area contributed by atoms with E-state index in [0.29, 0.717) is 23.8 Å². The second-order valence-corrected chi connectivity index (χ2v) is 11.6. The maximum absolute atomic E-state index is 13.1. The summed E-state index contributed by atoms with van der Waals surface area (Å²) in [4.78, 5) is 12.8. The molecule has 3 rings (SSSR count). The standard InChI is InChI=1S/C24H31BrN2O4S/c1-17(2)26-21-10-13-23(27-24(28)31-15-18-6-4-3-5-7-18)19(14-21)16-32(29,30)22-11-8-20(25)9-12-22/h3-9,11-12,17,19,21,23,26H,10,13-16H2,1-2H3,(H,27,28)/t19-,21+,23-/m0/s1. The molecule has 0 aliphatic heterocycles. The van der Waals surface area contributed by atoms with E-state index < -0.39 is 15.9 Å². The molecule has 0 spiro atoms. The number of alkyl carbamates (subject to hydrolysis) is 1. The molecule has 3 atom stereocenters. The number of hydrogen-bond donors (Lipinski definition) is 2. The first-order valence-corrected chi connectivity index (χ1v) is 13.4. The Labute approximate surface area is 199 Å². The normalized spacial score (nSPS) is 21.3. The number of carbonyl (C=O) groups excluding carboxylic acids is 1. The zero-order valence-electron chi connectivity index (χ0n) is 18.5. The summed E-state index contributed by atoms with van der Waals surface area (Å²) in [6, 6.07) is 16.4. The van der Waals surface area contributed by atoms with E-state index in [9.17, 15) is 13.2 Å². The van der Waals surface area contributed by atoms with Crippen molar-refractivity contribution in [1.82, 2.24) is 10.6 Å². The van der Waals surface area contributed by atoms with Crippen LogP contribution in [-0.2, 0) is 21.2 Å². The van der Waals surface area contributed by atoms with Crippen LogP contribution in [0.5, 0.6) is 0 Å². The summed E-state index contributed by atoms with van der Waals surface area (Å²) in [5.41, 5.74) is 0.904. The topological polar surface area (TPSA) is 84.5 Å². The van der Waals surface area contributed by atoms with Crippen LogP contribution in [0.4, 0.5) is 4.79 Å². The quantitative estimate of drug-likeness (QED) is 0.525. The highest BCUT2D eigenvalue weighted by molar-refractivity contribution is 9.10. The predicted octanol–water partition coefficient (Wildman–Crippen LogP) is 4.68. The summed E-state index contributed by atoms with van der Waals surface area (Å²) in [5, 5.41) is 6.46. The van der Waals surface area contributed by atoms with Gasteiger partial charge in [0, 0.05) is 22.6 Å². The average molecular weight is 523 g/mol. The molecule has 174 valence electrons. The fourth-order valence-electron chi connectivity index (χ4n) is 4.20. The molecule has 0 radical (unpaired) electrons. The van der Waals surface area contributed by atoms with Crippen LogP contribution < -0.4 is 10.6 Å². The van der Waals surface area contributed by atoms with Gasteiger partial charge >= 0.3 is 6.09 Å². The van der Waals surface area contributed by atoms with Gasteiger partial charge in [0.05, 0.1) is 10.6 Å².